The van der Waals surface area contributed by atoms with Crippen LogP contribution in [0.15, 0.2) is 30.3 Å². The topological polar surface area (TPSA) is 52.6 Å². The van der Waals surface area contributed by atoms with Crippen molar-refractivity contribution in [3.63, 3.8) is 0 Å². The van der Waals surface area contributed by atoms with Crippen LogP contribution in [0, 0.1) is 0 Å². The highest BCUT2D eigenvalue weighted by Crippen LogP contribution is 2.37. The van der Waals surface area contributed by atoms with E-state index in [9.17, 15) is 23.1 Å². The van der Waals surface area contributed by atoms with Crippen LogP contribution in [-0.4, -0.2) is 46.9 Å². The number of likely N-dealkylation sites (tertiary alicyclic amines) is 1. The van der Waals surface area contributed by atoms with Crippen LogP contribution in [0.1, 0.15) is 25.3 Å². The zero-order chi connectivity index (χ0) is 17.1. The normalized spacial score (nSPS) is 22.9. The summed E-state index contributed by atoms with van der Waals surface area (Å²) >= 11 is 0. The molecule has 0 unspecified atom stereocenters. The minimum atomic E-state index is -4.73. The fourth-order valence-electron chi connectivity index (χ4n) is 2.66. The zero-order valence-corrected chi connectivity index (χ0v) is 12.9. The fraction of sp³-hybridized carbons (Fsp3) is 0.562. The highest BCUT2D eigenvalue weighted by atomic mass is 19.4. The molecule has 2 amide bonds. The number of halogens is 3. The van der Waals surface area contributed by atoms with Crippen LogP contribution in [0.5, 0.6) is 0 Å². The lowest BCUT2D eigenvalue weighted by atomic mass is 10.0. The third kappa shape index (κ3) is 4.16. The number of alkyl halides is 3. The van der Waals surface area contributed by atoms with Crippen molar-refractivity contribution in [2.45, 2.75) is 44.0 Å². The first-order valence-electron chi connectivity index (χ1n) is 7.63. The molecule has 7 heteroatoms. The second kappa shape index (κ2) is 6.78. The van der Waals surface area contributed by atoms with Gasteiger partial charge < -0.3 is 15.3 Å². The second-order valence-electron chi connectivity index (χ2n) is 5.95. The van der Waals surface area contributed by atoms with Gasteiger partial charge in [-0.15, -0.1) is 0 Å². The highest BCUT2D eigenvalue weighted by Gasteiger charge is 2.57. The first-order chi connectivity index (χ1) is 10.7. The fourth-order valence-corrected chi connectivity index (χ4v) is 2.66. The molecule has 1 fully saturated rings. The number of carbonyl (C=O) groups excluding carboxylic acids is 1. The SMILES string of the molecule is CC[C@H](Cc1ccccc1)NC(=O)N1CC[C@](O)(C(F)(F)F)C1. The van der Waals surface area contributed by atoms with Gasteiger partial charge in [-0.25, -0.2) is 4.79 Å². The van der Waals surface area contributed by atoms with Crippen LogP contribution in [0.3, 0.4) is 0 Å². The Bertz CT molecular complexity index is 536. The van der Waals surface area contributed by atoms with E-state index in [4.69, 9.17) is 0 Å². The van der Waals surface area contributed by atoms with E-state index < -0.39 is 30.8 Å². The van der Waals surface area contributed by atoms with Crippen molar-refractivity contribution in [1.29, 1.82) is 0 Å². The number of carbonyl (C=O) groups is 1. The quantitative estimate of drug-likeness (QED) is 0.892. The molecule has 1 saturated heterocycles. The van der Waals surface area contributed by atoms with Crippen LogP contribution in [0.4, 0.5) is 18.0 Å². The number of benzene rings is 1. The van der Waals surface area contributed by atoms with Crippen molar-refractivity contribution in [3.05, 3.63) is 35.9 Å². The van der Waals surface area contributed by atoms with Crippen molar-refractivity contribution in [3.8, 4) is 0 Å². The van der Waals surface area contributed by atoms with Crippen molar-refractivity contribution in [2.24, 2.45) is 0 Å². The maximum atomic E-state index is 12.8. The molecule has 2 atom stereocenters. The number of urea groups is 1. The molecule has 1 aromatic rings. The Balaban J connectivity index is 1.93. The summed E-state index contributed by atoms with van der Waals surface area (Å²) in [6.45, 7) is 1.08. The van der Waals surface area contributed by atoms with Gasteiger partial charge in [-0.05, 0) is 18.4 Å². The van der Waals surface area contributed by atoms with Gasteiger partial charge in [0.05, 0.1) is 6.54 Å². The van der Waals surface area contributed by atoms with Crippen molar-refractivity contribution < 1.29 is 23.1 Å². The Morgan fingerprint density at radius 3 is 2.57 bits per heavy atom. The van der Waals surface area contributed by atoms with Gasteiger partial charge in [-0.2, -0.15) is 13.2 Å². The number of β-amino-alcohol motifs (C(OH)–C–C–N with tert-alkyl or cyclic N) is 1. The summed E-state index contributed by atoms with van der Waals surface area (Å²) in [4.78, 5) is 13.2. The monoisotopic (exact) mass is 330 g/mol. The van der Waals surface area contributed by atoms with Crippen LogP contribution in [0.25, 0.3) is 0 Å². The van der Waals surface area contributed by atoms with Crippen molar-refractivity contribution in [1.82, 2.24) is 10.2 Å². The number of hydrogen-bond donors (Lipinski definition) is 2. The molecule has 2 rings (SSSR count). The molecule has 0 aliphatic carbocycles. The first-order valence-corrected chi connectivity index (χ1v) is 7.63. The lowest BCUT2D eigenvalue weighted by Crippen LogP contribution is -2.50. The number of aliphatic hydroxyl groups is 1. The van der Waals surface area contributed by atoms with Gasteiger partial charge in [0.15, 0.2) is 5.60 Å². The molecular formula is C16H21F3N2O2. The number of nitrogens with one attached hydrogen (secondary N) is 1. The van der Waals surface area contributed by atoms with Crippen molar-refractivity contribution >= 4 is 6.03 Å². The van der Waals surface area contributed by atoms with Crippen molar-refractivity contribution in [2.75, 3.05) is 13.1 Å². The number of rotatable bonds is 4. The average Bonchev–Trinajstić information content (AvgIpc) is 2.91. The van der Waals surface area contributed by atoms with Crippen LogP contribution < -0.4 is 5.32 Å². The molecule has 0 aromatic heterocycles. The van der Waals surface area contributed by atoms with Gasteiger partial charge >= 0.3 is 12.2 Å². The van der Waals surface area contributed by atoms with Crippen LogP contribution in [-0.2, 0) is 6.42 Å². The van der Waals surface area contributed by atoms with Crippen LogP contribution >= 0.6 is 0 Å². The smallest absolute Gasteiger partial charge is 0.379 e. The molecule has 4 nitrogen and oxygen atoms in total. The predicted molar refractivity (Wildman–Crippen MR) is 80.0 cm³/mol. The molecule has 1 aromatic carbocycles. The summed E-state index contributed by atoms with van der Waals surface area (Å²) in [7, 11) is 0. The lowest BCUT2D eigenvalue weighted by molar-refractivity contribution is -0.253. The minimum absolute atomic E-state index is 0.108. The highest BCUT2D eigenvalue weighted by molar-refractivity contribution is 5.75. The summed E-state index contributed by atoms with van der Waals surface area (Å²) in [5.74, 6) is 0. The van der Waals surface area contributed by atoms with E-state index in [-0.39, 0.29) is 12.6 Å². The molecule has 128 valence electrons. The van der Waals surface area contributed by atoms with Crippen LogP contribution in [0.2, 0.25) is 0 Å². The van der Waals surface area contributed by atoms with Gasteiger partial charge in [0.25, 0.3) is 0 Å². The second-order valence-corrected chi connectivity index (χ2v) is 5.95. The van der Waals surface area contributed by atoms with E-state index in [2.05, 4.69) is 5.32 Å². The van der Waals surface area contributed by atoms with Gasteiger partial charge in [0.2, 0.25) is 0 Å². The number of nitrogens with zero attached hydrogens (tertiary/aromatic N) is 1. The Kier molecular flexibility index (Phi) is 5.19. The molecule has 0 saturated carbocycles. The largest absolute Gasteiger partial charge is 0.419 e. The summed E-state index contributed by atoms with van der Waals surface area (Å²) < 4.78 is 38.4. The molecule has 1 aliphatic rings. The summed E-state index contributed by atoms with van der Waals surface area (Å²) in [6, 6.07) is 8.84. The number of hydrogen-bond acceptors (Lipinski definition) is 2. The standard InChI is InChI=1S/C16H21F3N2O2/c1-2-13(10-12-6-4-3-5-7-12)20-14(22)21-9-8-15(23,11-21)16(17,18)19/h3-7,13,23H,2,8-11H2,1H3,(H,20,22)/t13-,15-/m1/s1. The summed E-state index contributed by atoms with van der Waals surface area (Å²) in [6.07, 6.45) is -3.94. The molecule has 0 spiro atoms. The molecule has 1 heterocycles. The summed E-state index contributed by atoms with van der Waals surface area (Å²) in [5.41, 5.74) is -1.75. The summed E-state index contributed by atoms with van der Waals surface area (Å²) in [5, 5.41) is 12.4. The van der Waals surface area contributed by atoms with Gasteiger partial charge in [0.1, 0.15) is 0 Å². The van der Waals surface area contributed by atoms with Gasteiger partial charge in [0, 0.05) is 19.0 Å². The molecule has 23 heavy (non-hydrogen) atoms. The molecule has 1 aliphatic heterocycles. The maximum Gasteiger partial charge on any atom is 0.419 e. The Hall–Kier alpha value is -1.76. The third-order valence-electron chi connectivity index (χ3n) is 4.21. The average molecular weight is 330 g/mol. The molecule has 0 radical (unpaired) electrons. The minimum Gasteiger partial charge on any atom is -0.379 e. The predicted octanol–water partition coefficient (Wildman–Crippen LogP) is 2.72. The van der Waals surface area contributed by atoms with Gasteiger partial charge in [-0.1, -0.05) is 37.3 Å². The Morgan fingerprint density at radius 2 is 2.04 bits per heavy atom. The molecular weight excluding hydrogens is 309 g/mol. The Morgan fingerprint density at radius 1 is 1.39 bits per heavy atom. The van der Waals surface area contributed by atoms with Gasteiger partial charge in [-0.3, -0.25) is 0 Å². The maximum absolute atomic E-state index is 12.8. The van der Waals surface area contributed by atoms with E-state index in [1.54, 1.807) is 0 Å². The lowest BCUT2D eigenvalue weighted by Gasteiger charge is -2.27. The third-order valence-corrected chi connectivity index (χ3v) is 4.21. The zero-order valence-electron chi connectivity index (χ0n) is 12.9. The molecule has 0 bridgehead atoms. The van der Waals surface area contributed by atoms with E-state index in [1.165, 1.54) is 0 Å². The van der Waals surface area contributed by atoms with E-state index >= 15 is 0 Å². The van der Waals surface area contributed by atoms with E-state index in [0.29, 0.717) is 12.8 Å². The van der Waals surface area contributed by atoms with E-state index in [1.807, 2.05) is 37.3 Å². The van der Waals surface area contributed by atoms with E-state index in [0.717, 1.165) is 10.5 Å². The molecule has 2 N–H and O–H groups in total. The first kappa shape index (κ1) is 17.6. The number of amides is 2. The Labute approximate surface area is 133 Å².